The number of aromatic nitrogens is 2. The normalized spacial score (nSPS) is 11.6. The van der Waals surface area contributed by atoms with E-state index in [1.54, 1.807) is 48.5 Å². The van der Waals surface area contributed by atoms with Crippen molar-refractivity contribution in [3.05, 3.63) is 65.2 Å². The summed E-state index contributed by atoms with van der Waals surface area (Å²) in [7, 11) is -3.48. The van der Waals surface area contributed by atoms with E-state index in [-0.39, 0.29) is 22.4 Å². The monoisotopic (exact) mass is 403 g/mol. The van der Waals surface area contributed by atoms with Gasteiger partial charge in [-0.05, 0) is 29.8 Å². The molecule has 0 atom stereocenters. The molecule has 0 unspecified atom stereocenters. The highest BCUT2D eigenvalue weighted by Gasteiger charge is 2.19. The summed E-state index contributed by atoms with van der Waals surface area (Å²) in [6, 6.07) is 13.1. The van der Waals surface area contributed by atoms with E-state index in [0.29, 0.717) is 10.6 Å². The van der Waals surface area contributed by atoms with Crippen molar-refractivity contribution in [1.82, 2.24) is 10.2 Å². The highest BCUT2D eigenvalue weighted by molar-refractivity contribution is 7.90. The van der Waals surface area contributed by atoms with Gasteiger partial charge in [0.25, 0.3) is 11.8 Å². The van der Waals surface area contributed by atoms with Gasteiger partial charge in [-0.3, -0.25) is 10.1 Å². The van der Waals surface area contributed by atoms with Crippen molar-refractivity contribution in [2.75, 3.05) is 11.6 Å². The number of nitrogens with zero attached hydrogens (tertiary/aromatic N) is 2. The number of sulfone groups is 1. The molecule has 0 saturated heterocycles. The smallest absolute Gasteiger partial charge is 0.322 e. The van der Waals surface area contributed by atoms with Crippen molar-refractivity contribution in [2.45, 2.75) is 4.90 Å². The van der Waals surface area contributed by atoms with Crippen LogP contribution in [0.15, 0.2) is 63.9 Å². The number of carbonyl (C=O) groups is 1. The lowest BCUT2D eigenvalue weighted by Crippen LogP contribution is -2.07. The van der Waals surface area contributed by atoms with Gasteiger partial charge in [0.2, 0.25) is 0 Å². The first-order valence-electron chi connectivity index (χ1n) is 7.71. The maximum absolute atomic E-state index is 12.0. The van der Waals surface area contributed by atoms with Crippen LogP contribution >= 0.6 is 11.6 Å². The van der Waals surface area contributed by atoms with Crippen molar-refractivity contribution in [1.29, 1.82) is 0 Å². The van der Waals surface area contributed by atoms with Gasteiger partial charge in [0.1, 0.15) is 0 Å². The van der Waals surface area contributed by atoms with E-state index in [9.17, 15) is 13.2 Å². The standard InChI is InChI=1S/C18H14ClN3O4S/c1-27(24,25)15-9-5-3-7-13(15)17-21-22-18(26-17)20-16(23)11-10-12-6-2-4-8-14(12)19/h2-11H,1H3,(H,20,22,23)/b11-10+. The quantitative estimate of drug-likeness (QED) is 0.654. The Morgan fingerprint density at radius 3 is 2.56 bits per heavy atom. The average molecular weight is 404 g/mol. The summed E-state index contributed by atoms with van der Waals surface area (Å²) < 4.78 is 29.1. The third-order valence-electron chi connectivity index (χ3n) is 3.49. The van der Waals surface area contributed by atoms with E-state index in [2.05, 4.69) is 15.5 Å². The highest BCUT2D eigenvalue weighted by Crippen LogP contribution is 2.27. The molecule has 0 aliphatic rings. The van der Waals surface area contributed by atoms with Crippen LogP contribution in [0.5, 0.6) is 0 Å². The Balaban J connectivity index is 1.78. The van der Waals surface area contributed by atoms with Crippen molar-refractivity contribution in [2.24, 2.45) is 0 Å². The molecule has 1 heterocycles. The lowest BCUT2D eigenvalue weighted by Gasteiger charge is -2.03. The van der Waals surface area contributed by atoms with E-state index in [1.165, 1.54) is 12.1 Å². The molecule has 0 bridgehead atoms. The number of rotatable bonds is 5. The molecule has 1 N–H and O–H groups in total. The molecular formula is C18H14ClN3O4S. The Morgan fingerprint density at radius 1 is 1.11 bits per heavy atom. The summed E-state index contributed by atoms with van der Waals surface area (Å²) in [5.74, 6) is -0.511. The van der Waals surface area contributed by atoms with Gasteiger partial charge in [0.05, 0.1) is 10.5 Å². The Kier molecular flexibility index (Phi) is 5.38. The topological polar surface area (TPSA) is 102 Å². The fraction of sp³-hybridized carbons (Fsp3) is 0.0556. The average Bonchev–Trinajstić information content (AvgIpc) is 3.08. The summed E-state index contributed by atoms with van der Waals surface area (Å²) in [6.45, 7) is 0. The second kappa shape index (κ2) is 7.73. The summed E-state index contributed by atoms with van der Waals surface area (Å²) in [6.07, 6.45) is 3.91. The van der Waals surface area contributed by atoms with Crippen LogP contribution in [-0.4, -0.2) is 30.8 Å². The first-order valence-corrected chi connectivity index (χ1v) is 9.98. The Labute approximate surface area is 160 Å². The minimum atomic E-state index is -3.48. The third kappa shape index (κ3) is 4.60. The number of anilines is 1. The molecule has 0 aliphatic heterocycles. The molecule has 1 aromatic heterocycles. The van der Waals surface area contributed by atoms with E-state index < -0.39 is 15.7 Å². The largest absolute Gasteiger partial charge is 0.403 e. The van der Waals surface area contributed by atoms with Crippen molar-refractivity contribution < 1.29 is 17.6 Å². The molecular weight excluding hydrogens is 390 g/mol. The van der Waals surface area contributed by atoms with E-state index in [0.717, 1.165) is 6.26 Å². The SMILES string of the molecule is CS(=O)(=O)c1ccccc1-c1nnc(NC(=O)/C=C/c2ccccc2Cl)o1. The predicted molar refractivity (Wildman–Crippen MR) is 102 cm³/mol. The summed E-state index contributed by atoms with van der Waals surface area (Å²) >= 11 is 6.02. The van der Waals surface area contributed by atoms with Crippen LogP contribution < -0.4 is 5.32 Å². The lowest BCUT2D eigenvalue weighted by molar-refractivity contribution is -0.112. The highest BCUT2D eigenvalue weighted by atomic mass is 35.5. The second-order valence-electron chi connectivity index (χ2n) is 5.52. The van der Waals surface area contributed by atoms with Gasteiger partial charge in [0, 0.05) is 17.4 Å². The maximum Gasteiger partial charge on any atom is 0.322 e. The first kappa shape index (κ1) is 18.8. The number of carbonyl (C=O) groups excluding carboxylic acids is 1. The molecule has 3 rings (SSSR count). The number of hydrogen-bond donors (Lipinski definition) is 1. The number of benzene rings is 2. The molecule has 138 valence electrons. The van der Waals surface area contributed by atoms with Gasteiger partial charge in [0.15, 0.2) is 9.84 Å². The molecule has 0 spiro atoms. The minimum absolute atomic E-state index is 0.0126. The molecule has 27 heavy (non-hydrogen) atoms. The fourth-order valence-corrected chi connectivity index (χ4v) is 3.35. The Hall–Kier alpha value is -2.97. The van der Waals surface area contributed by atoms with Gasteiger partial charge in [-0.15, -0.1) is 5.10 Å². The molecule has 3 aromatic rings. The van der Waals surface area contributed by atoms with E-state index in [4.69, 9.17) is 16.0 Å². The zero-order valence-electron chi connectivity index (χ0n) is 14.1. The van der Waals surface area contributed by atoms with Gasteiger partial charge in [-0.1, -0.05) is 47.0 Å². The maximum atomic E-state index is 12.0. The molecule has 0 saturated carbocycles. The summed E-state index contributed by atoms with van der Waals surface area (Å²) in [5.41, 5.74) is 0.947. The number of nitrogens with one attached hydrogen (secondary N) is 1. The number of halogens is 1. The van der Waals surface area contributed by atoms with Crippen molar-refractivity contribution in [3.63, 3.8) is 0 Å². The second-order valence-corrected chi connectivity index (χ2v) is 7.92. The zero-order valence-corrected chi connectivity index (χ0v) is 15.7. The first-order chi connectivity index (χ1) is 12.8. The van der Waals surface area contributed by atoms with Gasteiger partial charge >= 0.3 is 6.01 Å². The molecule has 0 aliphatic carbocycles. The third-order valence-corrected chi connectivity index (χ3v) is 4.99. The van der Waals surface area contributed by atoms with E-state index >= 15 is 0 Å². The molecule has 0 radical (unpaired) electrons. The van der Waals surface area contributed by atoms with Gasteiger partial charge < -0.3 is 4.42 Å². The molecule has 0 fully saturated rings. The Morgan fingerprint density at radius 2 is 1.81 bits per heavy atom. The van der Waals surface area contributed by atoms with Crippen molar-refractivity contribution >= 4 is 39.4 Å². The van der Waals surface area contributed by atoms with Crippen LogP contribution in [0.4, 0.5) is 6.01 Å². The van der Waals surface area contributed by atoms with Gasteiger partial charge in [-0.25, -0.2) is 8.42 Å². The van der Waals surface area contributed by atoms with Crippen LogP contribution in [-0.2, 0) is 14.6 Å². The van der Waals surface area contributed by atoms with Crippen LogP contribution in [0.3, 0.4) is 0 Å². The predicted octanol–water partition coefficient (Wildman–Crippen LogP) is 3.45. The molecule has 9 heteroatoms. The summed E-state index contributed by atoms with van der Waals surface area (Å²) in [4.78, 5) is 12.1. The van der Waals surface area contributed by atoms with E-state index in [1.807, 2.05) is 0 Å². The van der Waals surface area contributed by atoms with Crippen LogP contribution in [0.25, 0.3) is 17.5 Å². The zero-order chi connectivity index (χ0) is 19.4. The van der Waals surface area contributed by atoms with Crippen molar-refractivity contribution in [3.8, 4) is 11.5 Å². The minimum Gasteiger partial charge on any atom is -0.403 e. The van der Waals surface area contributed by atoms with Gasteiger partial charge in [-0.2, -0.15) is 0 Å². The number of amides is 1. The fourth-order valence-electron chi connectivity index (χ4n) is 2.27. The molecule has 1 amide bonds. The number of hydrogen-bond acceptors (Lipinski definition) is 6. The van der Waals surface area contributed by atoms with Crippen LogP contribution in [0.2, 0.25) is 5.02 Å². The lowest BCUT2D eigenvalue weighted by atomic mass is 10.2. The Bertz CT molecular complexity index is 1120. The summed E-state index contributed by atoms with van der Waals surface area (Å²) in [5, 5.41) is 10.5. The molecule has 2 aromatic carbocycles. The molecule has 7 nitrogen and oxygen atoms in total. The van der Waals surface area contributed by atoms with Crippen LogP contribution in [0, 0.1) is 0 Å². The van der Waals surface area contributed by atoms with Crippen LogP contribution in [0.1, 0.15) is 5.56 Å².